The lowest BCUT2D eigenvalue weighted by Gasteiger charge is -2.09. The number of ether oxygens (including phenoxy) is 1. The summed E-state index contributed by atoms with van der Waals surface area (Å²) in [6.45, 7) is 4.89. The van der Waals surface area contributed by atoms with E-state index in [1.807, 2.05) is 0 Å². The van der Waals surface area contributed by atoms with Crippen molar-refractivity contribution in [3.8, 4) is 5.88 Å². The molecule has 1 aromatic carbocycles. The lowest BCUT2D eigenvalue weighted by Crippen LogP contribution is -2.22. The van der Waals surface area contributed by atoms with Gasteiger partial charge >= 0.3 is 0 Å². The second kappa shape index (κ2) is 6.96. The van der Waals surface area contributed by atoms with Crippen LogP contribution in [0.1, 0.15) is 25.1 Å². The molecule has 106 valence electrons. The summed E-state index contributed by atoms with van der Waals surface area (Å²) in [7, 11) is 0. The molecular weight excluding hydrogens is 257 g/mol. The van der Waals surface area contributed by atoms with Crippen LogP contribution in [0.2, 0.25) is 0 Å². The van der Waals surface area contributed by atoms with E-state index in [-0.39, 0.29) is 12.4 Å². The molecule has 0 spiro atoms. The third kappa shape index (κ3) is 4.28. The number of aromatic nitrogens is 2. The Balaban J connectivity index is 1.96. The average Bonchev–Trinajstić information content (AvgIpc) is 2.45. The Bertz CT molecular complexity index is 560. The summed E-state index contributed by atoms with van der Waals surface area (Å²) in [5.41, 5.74) is 1.30. The topological polar surface area (TPSA) is 47.0 Å². The van der Waals surface area contributed by atoms with Crippen LogP contribution in [-0.4, -0.2) is 16.0 Å². The third-order valence-corrected chi connectivity index (χ3v) is 2.69. The molecule has 1 heterocycles. The lowest BCUT2D eigenvalue weighted by atomic mass is 10.2. The van der Waals surface area contributed by atoms with Gasteiger partial charge in [-0.1, -0.05) is 32.0 Å². The number of nitrogens with zero attached hydrogens (tertiary/aromatic N) is 2. The summed E-state index contributed by atoms with van der Waals surface area (Å²) >= 11 is 0. The van der Waals surface area contributed by atoms with E-state index in [4.69, 9.17) is 4.74 Å². The van der Waals surface area contributed by atoms with Crippen molar-refractivity contribution in [3.05, 3.63) is 53.7 Å². The van der Waals surface area contributed by atoms with E-state index in [1.165, 1.54) is 12.3 Å². The lowest BCUT2D eigenvalue weighted by molar-refractivity contribution is 0.285. The molecule has 0 aliphatic rings. The first-order valence-electron chi connectivity index (χ1n) is 6.55. The van der Waals surface area contributed by atoms with Crippen LogP contribution in [-0.2, 0) is 13.2 Å². The fraction of sp³-hybridized carbons (Fsp3) is 0.333. The first kappa shape index (κ1) is 14.4. The third-order valence-electron chi connectivity index (χ3n) is 2.69. The van der Waals surface area contributed by atoms with Gasteiger partial charge in [-0.05, 0) is 6.07 Å². The number of halogens is 1. The Morgan fingerprint density at radius 3 is 2.80 bits per heavy atom. The highest BCUT2D eigenvalue weighted by atomic mass is 19.1. The van der Waals surface area contributed by atoms with Crippen LogP contribution < -0.4 is 10.1 Å². The Morgan fingerprint density at radius 2 is 2.05 bits per heavy atom. The van der Waals surface area contributed by atoms with E-state index in [0.29, 0.717) is 24.0 Å². The largest absolute Gasteiger partial charge is 0.472 e. The molecule has 0 amide bonds. The van der Waals surface area contributed by atoms with Gasteiger partial charge in [-0.3, -0.25) is 4.98 Å². The molecule has 1 N–H and O–H groups in total. The molecule has 0 radical (unpaired) electrons. The van der Waals surface area contributed by atoms with E-state index in [0.717, 1.165) is 5.69 Å². The van der Waals surface area contributed by atoms with Crippen LogP contribution in [0, 0.1) is 5.82 Å². The van der Waals surface area contributed by atoms with Crippen molar-refractivity contribution in [2.75, 3.05) is 0 Å². The van der Waals surface area contributed by atoms with Crippen molar-refractivity contribution in [1.29, 1.82) is 0 Å². The minimum atomic E-state index is -0.280. The van der Waals surface area contributed by atoms with Crippen molar-refractivity contribution in [2.45, 2.75) is 33.0 Å². The highest BCUT2D eigenvalue weighted by Gasteiger charge is 2.04. The Morgan fingerprint density at radius 1 is 1.25 bits per heavy atom. The van der Waals surface area contributed by atoms with Crippen LogP contribution in [0.5, 0.6) is 5.88 Å². The van der Waals surface area contributed by atoms with E-state index in [2.05, 4.69) is 29.1 Å². The fourth-order valence-electron chi connectivity index (χ4n) is 1.62. The fourth-order valence-corrected chi connectivity index (χ4v) is 1.62. The van der Waals surface area contributed by atoms with E-state index in [9.17, 15) is 4.39 Å². The average molecular weight is 275 g/mol. The van der Waals surface area contributed by atoms with Crippen LogP contribution in [0.15, 0.2) is 36.7 Å². The van der Waals surface area contributed by atoms with Crippen LogP contribution in [0.4, 0.5) is 4.39 Å². The van der Waals surface area contributed by atoms with Crippen molar-refractivity contribution in [1.82, 2.24) is 15.3 Å². The summed E-state index contributed by atoms with van der Waals surface area (Å²) in [5, 5.41) is 3.25. The quantitative estimate of drug-likeness (QED) is 0.880. The maximum Gasteiger partial charge on any atom is 0.232 e. The molecule has 0 saturated carbocycles. The van der Waals surface area contributed by atoms with Crippen molar-refractivity contribution in [2.24, 2.45) is 0 Å². The smallest absolute Gasteiger partial charge is 0.232 e. The molecule has 0 atom stereocenters. The molecule has 4 nitrogen and oxygen atoms in total. The number of hydrogen-bond acceptors (Lipinski definition) is 4. The molecule has 1 aromatic heterocycles. The first-order valence-corrected chi connectivity index (χ1v) is 6.55. The summed E-state index contributed by atoms with van der Waals surface area (Å²) in [6, 6.07) is 6.90. The van der Waals surface area contributed by atoms with Gasteiger partial charge in [0.2, 0.25) is 5.88 Å². The predicted octanol–water partition coefficient (Wildman–Crippen LogP) is 2.69. The first-order chi connectivity index (χ1) is 9.65. The molecule has 0 saturated heterocycles. The van der Waals surface area contributed by atoms with Gasteiger partial charge in [-0.15, -0.1) is 0 Å². The highest BCUT2D eigenvalue weighted by Crippen LogP contribution is 2.11. The van der Waals surface area contributed by atoms with Crippen molar-refractivity contribution < 1.29 is 9.13 Å². The summed E-state index contributed by atoms with van der Waals surface area (Å²) in [6.07, 6.45) is 3.21. The molecule has 5 heteroatoms. The van der Waals surface area contributed by atoms with Gasteiger partial charge in [-0.25, -0.2) is 9.37 Å². The molecule has 2 aromatic rings. The van der Waals surface area contributed by atoms with Gasteiger partial charge in [0.25, 0.3) is 0 Å². The zero-order chi connectivity index (χ0) is 14.4. The maximum atomic E-state index is 13.5. The van der Waals surface area contributed by atoms with Crippen LogP contribution in [0.3, 0.4) is 0 Å². The molecule has 0 aliphatic carbocycles. The number of hydrogen-bond donors (Lipinski definition) is 1. The van der Waals surface area contributed by atoms with Gasteiger partial charge < -0.3 is 10.1 Å². The summed E-state index contributed by atoms with van der Waals surface area (Å²) in [4.78, 5) is 8.40. The standard InChI is InChI=1S/C15H18FN3O/c1-11(2)18-8-13-7-17-9-15(19-13)20-10-12-5-3-4-6-14(12)16/h3-7,9,11,18H,8,10H2,1-2H3. The molecule has 0 aliphatic heterocycles. The van der Waals surface area contributed by atoms with Crippen molar-refractivity contribution >= 4 is 0 Å². The maximum absolute atomic E-state index is 13.5. The van der Waals surface area contributed by atoms with E-state index >= 15 is 0 Å². The van der Waals surface area contributed by atoms with Gasteiger partial charge in [0.1, 0.15) is 12.4 Å². The molecule has 0 bridgehead atoms. The minimum Gasteiger partial charge on any atom is -0.472 e. The van der Waals surface area contributed by atoms with Gasteiger partial charge in [-0.2, -0.15) is 0 Å². The zero-order valence-electron chi connectivity index (χ0n) is 11.6. The normalized spacial score (nSPS) is 10.8. The molecule has 0 unspecified atom stereocenters. The second-order valence-corrected chi connectivity index (χ2v) is 4.76. The van der Waals surface area contributed by atoms with Crippen LogP contribution >= 0.6 is 0 Å². The molecule has 0 fully saturated rings. The monoisotopic (exact) mass is 275 g/mol. The Hall–Kier alpha value is -2.01. The minimum absolute atomic E-state index is 0.141. The Kier molecular flexibility index (Phi) is 5.01. The summed E-state index contributed by atoms with van der Waals surface area (Å²) in [5.74, 6) is 0.120. The Labute approximate surface area is 118 Å². The van der Waals surface area contributed by atoms with Crippen LogP contribution in [0.25, 0.3) is 0 Å². The summed E-state index contributed by atoms with van der Waals surface area (Å²) < 4.78 is 18.9. The molecular formula is C15H18FN3O. The highest BCUT2D eigenvalue weighted by molar-refractivity contribution is 5.17. The number of nitrogens with one attached hydrogen (secondary N) is 1. The molecule has 20 heavy (non-hydrogen) atoms. The predicted molar refractivity (Wildman–Crippen MR) is 74.7 cm³/mol. The molecule has 2 rings (SSSR count). The van der Waals surface area contributed by atoms with Gasteiger partial charge in [0.15, 0.2) is 0 Å². The van der Waals surface area contributed by atoms with Gasteiger partial charge in [0, 0.05) is 24.3 Å². The van der Waals surface area contributed by atoms with Gasteiger partial charge in [0.05, 0.1) is 11.9 Å². The SMILES string of the molecule is CC(C)NCc1cncc(OCc2ccccc2F)n1. The van der Waals surface area contributed by atoms with E-state index in [1.54, 1.807) is 24.4 Å². The number of benzene rings is 1. The van der Waals surface area contributed by atoms with E-state index < -0.39 is 0 Å². The van der Waals surface area contributed by atoms with Crippen molar-refractivity contribution in [3.63, 3.8) is 0 Å². The number of rotatable bonds is 6. The zero-order valence-corrected chi connectivity index (χ0v) is 11.6. The second-order valence-electron chi connectivity index (χ2n) is 4.76.